The fourth-order valence-corrected chi connectivity index (χ4v) is 2.55. The van der Waals surface area contributed by atoms with Crippen LogP contribution in [0.3, 0.4) is 0 Å². The van der Waals surface area contributed by atoms with Crippen LogP contribution in [0.1, 0.15) is 17.3 Å². The van der Waals surface area contributed by atoms with Gasteiger partial charge in [0.25, 0.3) is 5.69 Å². The quantitative estimate of drug-likeness (QED) is 0.597. The zero-order valence-corrected chi connectivity index (χ0v) is 10.1. The van der Waals surface area contributed by atoms with Crippen LogP contribution in [-0.4, -0.2) is 31.0 Å². The number of carboxylic acids is 1. The predicted octanol–water partition coefficient (Wildman–Crippen LogP) is 0.591. The monoisotopic (exact) mass is 274 g/mol. The zero-order valence-electron chi connectivity index (χ0n) is 9.28. The van der Waals surface area contributed by atoms with Gasteiger partial charge in [-0.05, 0) is 6.07 Å². The van der Waals surface area contributed by atoms with Gasteiger partial charge in [0, 0.05) is 18.7 Å². The zero-order chi connectivity index (χ0) is 13.9. The Morgan fingerprint density at radius 3 is 2.56 bits per heavy atom. The highest BCUT2D eigenvalue weighted by atomic mass is 32.2. The summed E-state index contributed by atoms with van der Waals surface area (Å²) in [6.45, 7) is 1.55. The van der Waals surface area contributed by atoms with Crippen molar-refractivity contribution in [2.75, 3.05) is 6.54 Å². The molecule has 2 N–H and O–H groups in total. The first-order chi connectivity index (χ1) is 8.29. The number of nitrogens with one attached hydrogen (secondary N) is 1. The molecule has 0 atom stereocenters. The maximum absolute atomic E-state index is 11.7. The number of rotatable bonds is 5. The van der Waals surface area contributed by atoms with E-state index in [-0.39, 0.29) is 6.54 Å². The second kappa shape index (κ2) is 5.10. The van der Waals surface area contributed by atoms with Crippen LogP contribution in [0.15, 0.2) is 23.1 Å². The van der Waals surface area contributed by atoms with E-state index < -0.39 is 37.1 Å². The Hall–Kier alpha value is -2.00. The number of sulfonamides is 1. The lowest BCUT2D eigenvalue weighted by Gasteiger charge is -2.07. The molecule has 0 unspecified atom stereocenters. The van der Waals surface area contributed by atoms with Crippen molar-refractivity contribution in [2.24, 2.45) is 0 Å². The van der Waals surface area contributed by atoms with Gasteiger partial charge in [0.05, 0.1) is 10.5 Å². The van der Waals surface area contributed by atoms with Crippen molar-refractivity contribution in [3.05, 3.63) is 33.9 Å². The third kappa shape index (κ3) is 2.81. The van der Waals surface area contributed by atoms with E-state index in [1.54, 1.807) is 0 Å². The second-order valence-corrected chi connectivity index (χ2v) is 4.98. The lowest BCUT2D eigenvalue weighted by atomic mass is 10.2. The summed E-state index contributed by atoms with van der Waals surface area (Å²) in [6, 6.07) is 2.56. The molecule has 0 saturated carbocycles. The first-order valence-electron chi connectivity index (χ1n) is 4.81. The van der Waals surface area contributed by atoms with Crippen LogP contribution in [-0.2, 0) is 10.0 Å². The molecule has 0 spiro atoms. The van der Waals surface area contributed by atoms with E-state index in [9.17, 15) is 23.3 Å². The summed E-state index contributed by atoms with van der Waals surface area (Å²) >= 11 is 0. The number of nitro benzene ring substituents is 1. The fraction of sp³-hybridized carbons (Fsp3) is 0.222. The number of nitrogens with zero attached hydrogens (tertiary/aromatic N) is 1. The van der Waals surface area contributed by atoms with Crippen molar-refractivity contribution in [2.45, 2.75) is 11.8 Å². The number of non-ortho nitro benzene ring substituents is 1. The van der Waals surface area contributed by atoms with Gasteiger partial charge in [-0.1, -0.05) is 6.92 Å². The van der Waals surface area contributed by atoms with Gasteiger partial charge in [0.1, 0.15) is 4.90 Å². The molecule has 8 nitrogen and oxygen atoms in total. The van der Waals surface area contributed by atoms with Crippen LogP contribution < -0.4 is 4.72 Å². The minimum absolute atomic E-state index is 0.0457. The Bertz CT molecular complexity index is 595. The maximum atomic E-state index is 11.7. The molecule has 0 aromatic heterocycles. The van der Waals surface area contributed by atoms with Gasteiger partial charge in [0.15, 0.2) is 0 Å². The van der Waals surface area contributed by atoms with Gasteiger partial charge in [-0.2, -0.15) is 0 Å². The molecule has 9 heteroatoms. The summed E-state index contributed by atoms with van der Waals surface area (Å²) in [6.07, 6.45) is 0. The highest BCUT2D eigenvalue weighted by Gasteiger charge is 2.24. The van der Waals surface area contributed by atoms with Crippen LogP contribution in [0, 0.1) is 10.1 Å². The first kappa shape index (κ1) is 14.1. The number of benzene rings is 1. The van der Waals surface area contributed by atoms with Crippen molar-refractivity contribution < 1.29 is 23.2 Å². The minimum Gasteiger partial charge on any atom is -0.478 e. The molecule has 0 aliphatic carbocycles. The van der Waals surface area contributed by atoms with E-state index in [4.69, 9.17) is 5.11 Å². The highest BCUT2D eigenvalue weighted by molar-refractivity contribution is 7.89. The lowest BCUT2D eigenvalue weighted by molar-refractivity contribution is -0.385. The second-order valence-electron chi connectivity index (χ2n) is 3.24. The average Bonchev–Trinajstić information content (AvgIpc) is 2.27. The van der Waals surface area contributed by atoms with E-state index in [1.165, 1.54) is 6.92 Å². The average molecular weight is 274 g/mol. The largest absolute Gasteiger partial charge is 0.478 e. The van der Waals surface area contributed by atoms with E-state index in [0.29, 0.717) is 0 Å². The van der Waals surface area contributed by atoms with Crippen molar-refractivity contribution in [3.63, 3.8) is 0 Å². The summed E-state index contributed by atoms with van der Waals surface area (Å²) in [5.41, 5.74) is -1.00. The first-order valence-corrected chi connectivity index (χ1v) is 6.29. The molecule has 0 amide bonds. The van der Waals surface area contributed by atoms with Crippen LogP contribution in [0.25, 0.3) is 0 Å². The molecule has 0 fully saturated rings. The highest BCUT2D eigenvalue weighted by Crippen LogP contribution is 2.22. The van der Waals surface area contributed by atoms with Gasteiger partial charge >= 0.3 is 5.97 Å². The van der Waals surface area contributed by atoms with Gasteiger partial charge in [-0.3, -0.25) is 10.1 Å². The smallest absolute Gasteiger partial charge is 0.337 e. The fourth-order valence-electron chi connectivity index (χ4n) is 1.29. The SMILES string of the molecule is CCNS(=O)(=O)c1cc([N+](=O)[O-])ccc1C(=O)O. The lowest BCUT2D eigenvalue weighted by Crippen LogP contribution is -2.25. The molecule has 98 valence electrons. The van der Waals surface area contributed by atoms with Crippen LogP contribution in [0.4, 0.5) is 5.69 Å². The van der Waals surface area contributed by atoms with Crippen molar-refractivity contribution in [1.29, 1.82) is 0 Å². The van der Waals surface area contributed by atoms with Crippen LogP contribution in [0.2, 0.25) is 0 Å². The minimum atomic E-state index is -4.08. The third-order valence-corrected chi connectivity index (χ3v) is 3.62. The Morgan fingerprint density at radius 2 is 2.11 bits per heavy atom. The van der Waals surface area contributed by atoms with E-state index >= 15 is 0 Å². The van der Waals surface area contributed by atoms with Gasteiger partial charge < -0.3 is 5.11 Å². The van der Waals surface area contributed by atoms with Crippen LogP contribution >= 0.6 is 0 Å². The van der Waals surface area contributed by atoms with Crippen molar-refractivity contribution in [1.82, 2.24) is 4.72 Å². The van der Waals surface area contributed by atoms with E-state index in [0.717, 1.165) is 18.2 Å². The molecule has 18 heavy (non-hydrogen) atoms. The Kier molecular flexibility index (Phi) is 3.99. The normalized spacial score (nSPS) is 11.2. The van der Waals surface area contributed by atoms with Crippen molar-refractivity contribution >= 4 is 21.7 Å². The van der Waals surface area contributed by atoms with Gasteiger partial charge in [0.2, 0.25) is 10.0 Å². The van der Waals surface area contributed by atoms with Gasteiger partial charge in [-0.25, -0.2) is 17.9 Å². The standard InChI is InChI=1S/C9H10N2O6S/c1-2-10-18(16,17)8-5-6(11(14)15)3-4-7(8)9(12)13/h3-5,10H,2H2,1H3,(H,12,13). The number of carboxylic acid groups (broad SMARTS) is 1. The van der Waals surface area contributed by atoms with Crippen molar-refractivity contribution in [3.8, 4) is 0 Å². The summed E-state index contributed by atoms with van der Waals surface area (Å²) in [5.74, 6) is -1.47. The summed E-state index contributed by atoms with van der Waals surface area (Å²) in [7, 11) is -4.08. The van der Waals surface area contributed by atoms with E-state index in [2.05, 4.69) is 4.72 Å². The predicted molar refractivity (Wildman–Crippen MR) is 60.9 cm³/mol. The Morgan fingerprint density at radius 1 is 1.50 bits per heavy atom. The number of hydrogen-bond donors (Lipinski definition) is 2. The summed E-state index contributed by atoms with van der Waals surface area (Å²) in [4.78, 5) is 20.0. The number of hydrogen-bond acceptors (Lipinski definition) is 5. The topological polar surface area (TPSA) is 127 Å². The molecular formula is C9H10N2O6S. The molecule has 0 heterocycles. The maximum Gasteiger partial charge on any atom is 0.337 e. The Balaban J connectivity index is 3.51. The number of aromatic carboxylic acids is 1. The summed E-state index contributed by atoms with van der Waals surface area (Å²) < 4.78 is 25.6. The molecule has 0 radical (unpaired) electrons. The summed E-state index contributed by atoms with van der Waals surface area (Å²) in [5, 5.41) is 19.4. The molecule has 0 aliphatic heterocycles. The molecule has 0 bridgehead atoms. The molecule has 1 rings (SSSR count). The van der Waals surface area contributed by atoms with Crippen LogP contribution in [0.5, 0.6) is 0 Å². The third-order valence-electron chi connectivity index (χ3n) is 2.03. The molecular weight excluding hydrogens is 264 g/mol. The molecule has 1 aromatic carbocycles. The van der Waals surface area contributed by atoms with Gasteiger partial charge in [-0.15, -0.1) is 0 Å². The molecule has 0 aliphatic rings. The molecule has 1 aromatic rings. The van der Waals surface area contributed by atoms with E-state index in [1.807, 2.05) is 0 Å². The Labute approximate surface area is 102 Å². The number of carbonyl (C=O) groups is 1. The molecule has 0 saturated heterocycles. The number of nitro groups is 1.